The van der Waals surface area contributed by atoms with E-state index in [-0.39, 0.29) is 0 Å². The minimum Gasteiger partial charge on any atom is -0.594 e. The maximum atomic E-state index is 12.1. The molecule has 0 amide bonds. The first kappa shape index (κ1) is 13.3. The quantitative estimate of drug-likeness (QED) is 0.429. The van der Waals surface area contributed by atoms with E-state index in [0.29, 0.717) is 16.2 Å². The molecule has 0 spiro atoms. The molecule has 3 heteroatoms. The van der Waals surface area contributed by atoms with Gasteiger partial charge in [-0.3, -0.25) is 0 Å². The smallest absolute Gasteiger partial charge is 0.247 e. The monoisotopic (exact) mass is 254 g/mol. The zero-order chi connectivity index (χ0) is 14.0. The van der Waals surface area contributed by atoms with Gasteiger partial charge in [0, 0.05) is 16.7 Å². The molecule has 0 unspecified atom stereocenters. The highest BCUT2D eigenvalue weighted by molar-refractivity contribution is 5.46. The third-order valence-corrected chi connectivity index (χ3v) is 3.11. The lowest BCUT2D eigenvalue weighted by molar-refractivity contribution is -0.435. The molecule has 0 aliphatic carbocycles. The molecule has 0 aromatic heterocycles. The van der Waals surface area contributed by atoms with Crippen LogP contribution in [0.5, 0.6) is 0 Å². The third-order valence-electron chi connectivity index (χ3n) is 3.11. The van der Waals surface area contributed by atoms with Gasteiger partial charge < -0.3 is 5.21 Å². The summed E-state index contributed by atoms with van der Waals surface area (Å²) in [7, 11) is 0. The Labute approximate surface area is 113 Å². The van der Waals surface area contributed by atoms with E-state index in [4.69, 9.17) is 0 Å². The van der Waals surface area contributed by atoms with Crippen molar-refractivity contribution in [2.75, 3.05) is 0 Å². The van der Waals surface area contributed by atoms with E-state index in [9.17, 15) is 5.21 Å². The van der Waals surface area contributed by atoms with E-state index >= 15 is 0 Å². The summed E-state index contributed by atoms with van der Waals surface area (Å²) in [6.45, 7) is 7.91. The van der Waals surface area contributed by atoms with Crippen LogP contribution in [0.25, 0.3) is 0 Å². The van der Waals surface area contributed by atoms with Crippen molar-refractivity contribution in [2.24, 2.45) is 5.11 Å². The van der Waals surface area contributed by atoms with Crippen LogP contribution < -0.4 is 0 Å². The summed E-state index contributed by atoms with van der Waals surface area (Å²) in [5, 5.41) is 16.3. The van der Waals surface area contributed by atoms with Crippen LogP contribution in [0.4, 0.5) is 11.4 Å². The number of hydrogen-bond donors (Lipinski definition) is 0. The molecule has 98 valence electrons. The van der Waals surface area contributed by atoms with Crippen LogP contribution in [0.1, 0.15) is 22.3 Å². The number of nitrogens with zero attached hydrogens (tertiary/aromatic N) is 2. The summed E-state index contributed by atoms with van der Waals surface area (Å²) >= 11 is 0. The molecule has 19 heavy (non-hydrogen) atoms. The van der Waals surface area contributed by atoms with Crippen molar-refractivity contribution in [3.05, 3.63) is 63.9 Å². The van der Waals surface area contributed by atoms with Gasteiger partial charge in [-0.25, -0.2) is 0 Å². The van der Waals surface area contributed by atoms with E-state index < -0.39 is 0 Å². The Balaban J connectivity index is 2.42. The predicted molar refractivity (Wildman–Crippen MR) is 77.2 cm³/mol. The zero-order valence-corrected chi connectivity index (χ0v) is 11.8. The van der Waals surface area contributed by atoms with Gasteiger partial charge in [-0.05, 0) is 50.3 Å². The second kappa shape index (κ2) is 5.22. The van der Waals surface area contributed by atoms with Gasteiger partial charge in [0.15, 0.2) is 0 Å². The normalized spacial score (nSPS) is 11.7. The van der Waals surface area contributed by atoms with Crippen molar-refractivity contribution in [1.82, 2.24) is 0 Å². The molecule has 0 aliphatic heterocycles. The second-order valence-electron chi connectivity index (χ2n) is 4.95. The van der Waals surface area contributed by atoms with Crippen LogP contribution in [-0.4, -0.2) is 4.86 Å². The Morgan fingerprint density at radius 2 is 1.42 bits per heavy atom. The Bertz CT molecular complexity index is 645. The first-order valence-corrected chi connectivity index (χ1v) is 6.31. The third kappa shape index (κ3) is 2.99. The molecule has 0 atom stereocenters. The van der Waals surface area contributed by atoms with Gasteiger partial charge in [-0.2, -0.15) is 0 Å². The van der Waals surface area contributed by atoms with Crippen molar-refractivity contribution in [3.8, 4) is 0 Å². The summed E-state index contributed by atoms with van der Waals surface area (Å²) in [6.07, 6.45) is 0. The first-order valence-electron chi connectivity index (χ1n) is 6.31. The molecule has 0 fully saturated rings. The van der Waals surface area contributed by atoms with Crippen LogP contribution in [0.2, 0.25) is 0 Å². The minimum absolute atomic E-state index is 0.588. The van der Waals surface area contributed by atoms with Crippen molar-refractivity contribution in [2.45, 2.75) is 27.7 Å². The van der Waals surface area contributed by atoms with Crippen molar-refractivity contribution in [3.63, 3.8) is 0 Å². The van der Waals surface area contributed by atoms with Gasteiger partial charge in [-0.1, -0.05) is 29.3 Å². The molecule has 0 saturated heterocycles. The highest BCUT2D eigenvalue weighted by Gasteiger charge is 2.09. The summed E-state index contributed by atoms with van der Waals surface area (Å²) < 4.78 is 0. The molecular formula is C16H18N2O. The molecule has 0 bridgehead atoms. The average molecular weight is 254 g/mol. The molecule has 0 N–H and O–H groups in total. The predicted octanol–water partition coefficient (Wildman–Crippen LogP) is 4.85. The highest BCUT2D eigenvalue weighted by atomic mass is 16.5. The van der Waals surface area contributed by atoms with Crippen molar-refractivity contribution in [1.29, 1.82) is 0 Å². The van der Waals surface area contributed by atoms with Crippen LogP contribution >= 0.6 is 0 Å². The lowest BCUT2D eigenvalue weighted by atomic mass is 10.1. The SMILES string of the molecule is Cc1ccc(N=[N+]([O-])c2ccc(C)cc2C)c(C)c1. The Morgan fingerprint density at radius 1 is 0.842 bits per heavy atom. The van der Waals surface area contributed by atoms with Gasteiger partial charge in [0.05, 0.1) is 0 Å². The molecule has 0 aliphatic rings. The number of aryl methyl sites for hydroxylation is 4. The fourth-order valence-electron chi connectivity index (χ4n) is 2.09. The molecular weight excluding hydrogens is 236 g/mol. The number of hydrogen-bond acceptors (Lipinski definition) is 2. The number of benzene rings is 2. The van der Waals surface area contributed by atoms with E-state index in [2.05, 4.69) is 5.11 Å². The average Bonchev–Trinajstić information content (AvgIpc) is 2.32. The van der Waals surface area contributed by atoms with Crippen molar-refractivity contribution < 1.29 is 4.86 Å². The van der Waals surface area contributed by atoms with E-state index in [0.717, 1.165) is 16.7 Å². The Hall–Kier alpha value is -2.16. The molecule has 2 rings (SSSR count). The minimum atomic E-state index is 0.588. The topological polar surface area (TPSA) is 38.4 Å². The molecule has 2 aromatic rings. The van der Waals surface area contributed by atoms with Gasteiger partial charge in [-0.15, -0.1) is 0 Å². The Kier molecular flexibility index (Phi) is 3.65. The summed E-state index contributed by atoms with van der Waals surface area (Å²) in [4.78, 5) is 0.701. The van der Waals surface area contributed by atoms with Crippen LogP contribution in [-0.2, 0) is 0 Å². The zero-order valence-electron chi connectivity index (χ0n) is 11.8. The number of rotatable bonds is 2. The largest absolute Gasteiger partial charge is 0.594 e. The lowest BCUT2D eigenvalue weighted by Gasteiger charge is -2.05. The van der Waals surface area contributed by atoms with Crippen LogP contribution in [0.15, 0.2) is 41.5 Å². The van der Waals surface area contributed by atoms with E-state index in [1.807, 2.05) is 64.1 Å². The van der Waals surface area contributed by atoms with Gasteiger partial charge >= 0.3 is 0 Å². The van der Waals surface area contributed by atoms with Crippen LogP contribution in [0.3, 0.4) is 0 Å². The highest BCUT2D eigenvalue weighted by Crippen LogP contribution is 2.24. The maximum absolute atomic E-state index is 12.1. The Morgan fingerprint density at radius 3 is 2.00 bits per heavy atom. The standard InChI is InChI=1S/C16H18N2O/c1-11-5-7-15(13(3)9-11)17-18(19)16-8-6-12(2)10-14(16)4/h5-10H,1-4H3. The summed E-state index contributed by atoms with van der Waals surface area (Å²) in [5.74, 6) is 0. The fourth-order valence-corrected chi connectivity index (χ4v) is 2.09. The number of azo groups is 1. The summed E-state index contributed by atoms with van der Waals surface area (Å²) in [6, 6.07) is 11.6. The molecule has 3 nitrogen and oxygen atoms in total. The molecule has 0 saturated carbocycles. The van der Waals surface area contributed by atoms with E-state index in [1.54, 1.807) is 0 Å². The van der Waals surface area contributed by atoms with Gasteiger partial charge in [0.2, 0.25) is 5.69 Å². The molecule has 2 aromatic carbocycles. The maximum Gasteiger partial charge on any atom is 0.247 e. The molecule has 0 radical (unpaired) electrons. The lowest BCUT2D eigenvalue weighted by Crippen LogP contribution is -1.94. The van der Waals surface area contributed by atoms with Crippen molar-refractivity contribution >= 4 is 11.4 Å². The van der Waals surface area contributed by atoms with E-state index in [1.165, 1.54) is 5.56 Å². The van der Waals surface area contributed by atoms with Crippen LogP contribution in [0, 0.1) is 32.9 Å². The van der Waals surface area contributed by atoms with Gasteiger partial charge in [0.1, 0.15) is 5.69 Å². The van der Waals surface area contributed by atoms with Gasteiger partial charge in [0.25, 0.3) is 0 Å². The summed E-state index contributed by atoms with van der Waals surface area (Å²) in [5.41, 5.74) is 5.54. The second-order valence-corrected chi connectivity index (χ2v) is 4.95. The molecule has 0 heterocycles. The first-order chi connectivity index (χ1) is 8.97. The fraction of sp³-hybridized carbons (Fsp3) is 0.250.